The number of aromatic nitrogens is 1. The van der Waals surface area contributed by atoms with Crippen molar-refractivity contribution in [1.29, 1.82) is 0 Å². The van der Waals surface area contributed by atoms with E-state index in [0.29, 0.717) is 18.7 Å². The third kappa shape index (κ3) is 9.01. The van der Waals surface area contributed by atoms with Gasteiger partial charge in [0.05, 0.1) is 6.61 Å². The Morgan fingerprint density at radius 1 is 1.13 bits per heavy atom. The molecular formula is C22H25N3O5. The molecule has 158 valence electrons. The Morgan fingerprint density at radius 3 is 2.77 bits per heavy atom. The Labute approximate surface area is 175 Å². The second-order valence-electron chi connectivity index (χ2n) is 6.18. The second-order valence-corrected chi connectivity index (χ2v) is 6.18. The Morgan fingerprint density at radius 2 is 2.00 bits per heavy atom. The van der Waals surface area contributed by atoms with E-state index in [1.807, 2.05) is 18.2 Å². The number of hydrogen-bond donors (Lipinski definition) is 2. The van der Waals surface area contributed by atoms with Crippen molar-refractivity contribution in [3.63, 3.8) is 0 Å². The summed E-state index contributed by atoms with van der Waals surface area (Å²) in [6.45, 7) is 2.02. The lowest BCUT2D eigenvalue weighted by molar-refractivity contribution is -0.143. The maximum Gasteiger partial charge on any atom is 0.325 e. The molecule has 0 radical (unpaired) electrons. The molecule has 0 fully saturated rings. The number of ether oxygens (including phenoxy) is 2. The molecule has 1 heterocycles. The number of amides is 2. The molecule has 0 atom stereocenters. The molecule has 0 bridgehead atoms. The lowest BCUT2D eigenvalue weighted by atomic mass is 10.1. The molecule has 0 aliphatic carbocycles. The normalized spacial score (nSPS) is 10.4. The van der Waals surface area contributed by atoms with E-state index in [0.717, 1.165) is 11.1 Å². The topological polar surface area (TPSA) is 107 Å². The van der Waals surface area contributed by atoms with Crippen molar-refractivity contribution in [2.75, 3.05) is 26.3 Å². The molecule has 0 unspecified atom stereocenters. The van der Waals surface area contributed by atoms with Gasteiger partial charge in [-0.05, 0) is 48.7 Å². The fourth-order valence-electron chi connectivity index (χ4n) is 2.41. The predicted octanol–water partition coefficient (Wildman–Crippen LogP) is 1.51. The molecule has 0 spiro atoms. The summed E-state index contributed by atoms with van der Waals surface area (Å²) >= 11 is 0. The SMILES string of the molecule is CCOC(=O)CNC(=O)COc1cccc(CCNC(=O)C=Cc2cccnc2)c1. The number of carbonyl (C=O) groups is 3. The van der Waals surface area contributed by atoms with Crippen LogP contribution in [0.25, 0.3) is 6.08 Å². The predicted molar refractivity (Wildman–Crippen MR) is 112 cm³/mol. The van der Waals surface area contributed by atoms with Gasteiger partial charge < -0.3 is 20.1 Å². The molecule has 2 rings (SSSR count). The molecule has 0 aliphatic heterocycles. The minimum atomic E-state index is -0.495. The fourth-order valence-corrected chi connectivity index (χ4v) is 2.41. The van der Waals surface area contributed by atoms with E-state index in [2.05, 4.69) is 15.6 Å². The third-order valence-electron chi connectivity index (χ3n) is 3.83. The maximum atomic E-state index is 11.9. The van der Waals surface area contributed by atoms with Crippen LogP contribution in [0, 0.1) is 0 Å². The molecule has 8 nitrogen and oxygen atoms in total. The summed E-state index contributed by atoms with van der Waals surface area (Å²) in [5.74, 6) is -0.572. The highest BCUT2D eigenvalue weighted by Crippen LogP contribution is 2.13. The molecule has 1 aromatic heterocycles. The fraction of sp³-hybridized carbons (Fsp3) is 0.273. The highest BCUT2D eigenvalue weighted by atomic mass is 16.5. The molecular weight excluding hydrogens is 386 g/mol. The van der Waals surface area contributed by atoms with Gasteiger partial charge in [-0.25, -0.2) is 0 Å². The summed E-state index contributed by atoms with van der Waals surface area (Å²) < 4.78 is 10.2. The van der Waals surface area contributed by atoms with Crippen LogP contribution in [0.5, 0.6) is 5.75 Å². The highest BCUT2D eigenvalue weighted by molar-refractivity contribution is 5.91. The minimum Gasteiger partial charge on any atom is -0.484 e. The van der Waals surface area contributed by atoms with Crippen LogP contribution in [0.15, 0.2) is 54.9 Å². The molecule has 2 N–H and O–H groups in total. The van der Waals surface area contributed by atoms with Gasteiger partial charge in [-0.3, -0.25) is 19.4 Å². The molecule has 2 aromatic rings. The first-order valence-corrected chi connectivity index (χ1v) is 9.57. The lowest BCUT2D eigenvalue weighted by Gasteiger charge is -2.09. The van der Waals surface area contributed by atoms with E-state index in [-0.39, 0.29) is 25.7 Å². The molecule has 30 heavy (non-hydrogen) atoms. The van der Waals surface area contributed by atoms with Gasteiger partial charge in [-0.2, -0.15) is 0 Å². The van der Waals surface area contributed by atoms with Crippen molar-refractivity contribution in [1.82, 2.24) is 15.6 Å². The van der Waals surface area contributed by atoms with Gasteiger partial charge in [0.1, 0.15) is 12.3 Å². The summed E-state index contributed by atoms with van der Waals surface area (Å²) in [5.41, 5.74) is 1.81. The average molecular weight is 411 g/mol. The summed E-state index contributed by atoms with van der Waals surface area (Å²) in [6, 6.07) is 10.9. The zero-order valence-corrected chi connectivity index (χ0v) is 16.8. The van der Waals surface area contributed by atoms with Crippen molar-refractivity contribution in [3.05, 3.63) is 66.0 Å². The van der Waals surface area contributed by atoms with Crippen molar-refractivity contribution in [3.8, 4) is 5.75 Å². The van der Waals surface area contributed by atoms with Crippen molar-refractivity contribution >= 4 is 23.9 Å². The van der Waals surface area contributed by atoms with Crippen LogP contribution in [-0.4, -0.2) is 49.1 Å². The molecule has 0 saturated carbocycles. The van der Waals surface area contributed by atoms with Crippen LogP contribution in [0.4, 0.5) is 0 Å². The summed E-state index contributed by atoms with van der Waals surface area (Å²) in [4.78, 5) is 38.8. The largest absolute Gasteiger partial charge is 0.484 e. The number of hydrogen-bond acceptors (Lipinski definition) is 6. The summed E-state index contributed by atoms with van der Waals surface area (Å²) in [6.07, 6.45) is 7.12. The highest BCUT2D eigenvalue weighted by Gasteiger charge is 2.07. The molecule has 0 saturated heterocycles. The van der Waals surface area contributed by atoms with Crippen LogP contribution in [0.1, 0.15) is 18.1 Å². The van der Waals surface area contributed by atoms with Gasteiger partial charge in [0.25, 0.3) is 5.91 Å². The van der Waals surface area contributed by atoms with Gasteiger partial charge in [-0.15, -0.1) is 0 Å². The Hall–Kier alpha value is -3.68. The lowest BCUT2D eigenvalue weighted by Crippen LogP contribution is -2.34. The van der Waals surface area contributed by atoms with Crippen LogP contribution in [0.3, 0.4) is 0 Å². The van der Waals surface area contributed by atoms with Gasteiger partial charge in [0.15, 0.2) is 6.61 Å². The van der Waals surface area contributed by atoms with E-state index in [4.69, 9.17) is 9.47 Å². The Kier molecular flexibility index (Phi) is 9.58. The van der Waals surface area contributed by atoms with Gasteiger partial charge in [-0.1, -0.05) is 18.2 Å². The number of nitrogens with one attached hydrogen (secondary N) is 2. The van der Waals surface area contributed by atoms with E-state index < -0.39 is 11.9 Å². The molecule has 8 heteroatoms. The van der Waals surface area contributed by atoms with Crippen molar-refractivity contribution in [2.24, 2.45) is 0 Å². The molecule has 2 amide bonds. The van der Waals surface area contributed by atoms with E-state index >= 15 is 0 Å². The first kappa shape index (κ1) is 22.6. The Balaban J connectivity index is 1.70. The first-order valence-electron chi connectivity index (χ1n) is 9.57. The quantitative estimate of drug-likeness (QED) is 0.429. The average Bonchev–Trinajstić information content (AvgIpc) is 2.76. The van der Waals surface area contributed by atoms with E-state index in [1.165, 1.54) is 6.08 Å². The van der Waals surface area contributed by atoms with E-state index in [9.17, 15) is 14.4 Å². The zero-order valence-electron chi connectivity index (χ0n) is 16.8. The van der Waals surface area contributed by atoms with Crippen molar-refractivity contribution in [2.45, 2.75) is 13.3 Å². The number of esters is 1. The maximum absolute atomic E-state index is 11.9. The van der Waals surface area contributed by atoms with Gasteiger partial charge in [0, 0.05) is 25.0 Å². The minimum absolute atomic E-state index is 0.189. The standard InChI is InChI=1S/C22H25N3O5/c1-2-29-22(28)15-25-21(27)16-30-19-7-3-5-17(13-19)10-12-24-20(26)9-8-18-6-4-11-23-14-18/h3-9,11,13-14H,2,10,12,15-16H2,1H3,(H,24,26)(H,25,27). The number of nitrogens with zero attached hydrogens (tertiary/aromatic N) is 1. The van der Waals surface area contributed by atoms with E-state index in [1.54, 1.807) is 43.6 Å². The summed E-state index contributed by atoms with van der Waals surface area (Å²) in [5, 5.41) is 5.24. The van der Waals surface area contributed by atoms with Gasteiger partial charge in [0.2, 0.25) is 5.91 Å². The number of benzene rings is 1. The Bertz CT molecular complexity index is 868. The number of carbonyl (C=O) groups excluding carboxylic acids is 3. The first-order chi connectivity index (χ1) is 14.6. The van der Waals surface area contributed by atoms with Crippen LogP contribution < -0.4 is 15.4 Å². The number of rotatable bonds is 11. The van der Waals surface area contributed by atoms with Crippen molar-refractivity contribution < 1.29 is 23.9 Å². The third-order valence-corrected chi connectivity index (χ3v) is 3.83. The van der Waals surface area contributed by atoms with Crippen LogP contribution >= 0.6 is 0 Å². The van der Waals surface area contributed by atoms with Gasteiger partial charge >= 0.3 is 5.97 Å². The zero-order chi connectivity index (χ0) is 21.6. The number of pyridine rings is 1. The summed E-state index contributed by atoms with van der Waals surface area (Å²) in [7, 11) is 0. The monoisotopic (exact) mass is 411 g/mol. The second kappa shape index (κ2) is 12.7. The molecule has 0 aliphatic rings. The van der Waals surface area contributed by atoms with Crippen LogP contribution in [-0.2, 0) is 25.5 Å². The smallest absolute Gasteiger partial charge is 0.325 e. The van der Waals surface area contributed by atoms with Crippen LogP contribution in [0.2, 0.25) is 0 Å². The molecule has 1 aromatic carbocycles.